The number of rotatable bonds is 9. The average molecular weight is 884 g/mol. The Kier molecular flexibility index (Phi) is 10.4. The molecule has 0 spiro atoms. The van der Waals surface area contributed by atoms with Crippen molar-refractivity contribution in [2.24, 2.45) is 0 Å². The zero-order valence-electron chi connectivity index (χ0n) is 36.9. The number of fused-ring (bicyclic) bond motifs is 3. The Bertz CT molecular complexity index is 3790. The van der Waals surface area contributed by atoms with E-state index in [9.17, 15) is 5.26 Å². The number of para-hydroxylation sites is 1. The van der Waals surface area contributed by atoms with E-state index in [1.807, 2.05) is 158 Å². The molecule has 69 heavy (non-hydrogen) atoms. The van der Waals surface area contributed by atoms with Gasteiger partial charge in [-0.2, -0.15) is 5.26 Å². The molecule has 8 aromatic carbocycles. The normalized spacial score (nSPS) is 11.2. The second-order valence-electron chi connectivity index (χ2n) is 16.5. The highest BCUT2D eigenvalue weighted by Gasteiger charge is 2.23. The van der Waals surface area contributed by atoms with E-state index in [1.54, 1.807) is 6.20 Å². The van der Waals surface area contributed by atoms with Crippen molar-refractivity contribution < 1.29 is 0 Å². The lowest BCUT2D eigenvalue weighted by molar-refractivity contribution is 1.07. The van der Waals surface area contributed by atoms with Crippen LogP contribution >= 0.6 is 0 Å². The van der Waals surface area contributed by atoms with Crippen LogP contribution in [0.15, 0.2) is 225 Å². The van der Waals surface area contributed by atoms with Crippen molar-refractivity contribution in [3.63, 3.8) is 0 Å². The first kappa shape index (κ1) is 40.7. The molecule has 4 heterocycles. The highest BCUT2D eigenvalue weighted by molar-refractivity contribution is 6.11. The molecule has 0 radical (unpaired) electrons. The summed E-state index contributed by atoms with van der Waals surface area (Å²) in [6.45, 7) is 0. The quantitative estimate of drug-likeness (QED) is 0.141. The van der Waals surface area contributed by atoms with Gasteiger partial charge >= 0.3 is 0 Å². The molecule has 4 aromatic heterocycles. The fourth-order valence-electron chi connectivity index (χ4n) is 8.99. The Morgan fingerprint density at radius 3 is 1.39 bits per heavy atom. The molecule has 0 N–H and O–H groups in total. The van der Waals surface area contributed by atoms with E-state index in [0.29, 0.717) is 40.5 Å². The van der Waals surface area contributed by atoms with Gasteiger partial charge in [0.15, 0.2) is 34.9 Å². The largest absolute Gasteiger partial charge is 0.309 e. The number of hydrogen-bond acceptors (Lipinski definition) is 8. The SMILES string of the molecule is N#Cc1ccccc1-c1ccc2c(c1)c1ccccc1n2-c1ccc(-c2nc(-c3ccccc3)nc(-c3ccccc3)n2)cc1-c1cnccc1-c1nc(-c2ccccc2)nc(-c2ccccc2)n1. The van der Waals surface area contributed by atoms with E-state index < -0.39 is 0 Å². The molecule has 12 aromatic rings. The summed E-state index contributed by atoms with van der Waals surface area (Å²) in [5, 5.41) is 12.2. The van der Waals surface area contributed by atoms with Crippen molar-refractivity contribution >= 4 is 21.8 Å². The van der Waals surface area contributed by atoms with E-state index in [-0.39, 0.29) is 0 Å². The standard InChI is InChI=1S/C60H37N9/c61-37-45-25-13-14-26-46(45)43-29-31-53-49(35-43)47-27-15-16-28-52(47)69(53)54-32-30-44(59-65-55(39-17-5-1-6-18-39)63-56(66-59)40-19-7-2-8-20-40)36-50(54)51-38-62-34-33-48(51)60-67-57(41-21-9-3-10-22-41)64-58(68-60)42-23-11-4-12-24-42/h1-36,38H. The molecule has 0 bridgehead atoms. The van der Waals surface area contributed by atoms with Crippen molar-refractivity contribution in [1.29, 1.82) is 5.26 Å². The number of aromatic nitrogens is 8. The van der Waals surface area contributed by atoms with Crippen LogP contribution in [0.5, 0.6) is 0 Å². The van der Waals surface area contributed by atoms with Crippen LogP contribution in [0.25, 0.3) is 118 Å². The third-order valence-electron chi connectivity index (χ3n) is 12.3. The number of nitriles is 1. The van der Waals surface area contributed by atoms with Crippen molar-refractivity contribution in [1.82, 2.24) is 39.5 Å². The molecule has 322 valence electrons. The van der Waals surface area contributed by atoms with E-state index in [4.69, 9.17) is 34.9 Å². The van der Waals surface area contributed by atoms with Crippen LogP contribution in [-0.2, 0) is 0 Å². The number of pyridine rings is 1. The fraction of sp³-hybridized carbons (Fsp3) is 0. The van der Waals surface area contributed by atoms with Crippen LogP contribution in [0.1, 0.15) is 5.56 Å². The van der Waals surface area contributed by atoms with Gasteiger partial charge in [-0.3, -0.25) is 4.98 Å². The summed E-state index contributed by atoms with van der Waals surface area (Å²) in [7, 11) is 0. The summed E-state index contributed by atoms with van der Waals surface area (Å²) >= 11 is 0. The van der Waals surface area contributed by atoms with Gasteiger partial charge in [-0.25, -0.2) is 29.9 Å². The number of nitrogens with zero attached hydrogens (tertiary/aromatic N) is 9. The molecule has 9 nitrogen and oxygen atoms in total. The smallest absolute Gasteiger partial charge is 0.164 e. The summed E-state index contributed by atoms with van der Waals surface area (Å²) in [5.74, 6) is 3.25. The summed E-state index contributed by atoms with van der Waals surface area (Å²) < 4.78 is 2.30. The fourth-order valence-corrected chi connectivity index (χ4v) is 8.99. The minimum atomic E-state index is 0.498. The monoisotopic (exact) mass is 883 g/mol. The van der Waals surface area contributed by atoms with Gasteiger partial charge in [0.25, 0.3) is 0 Å². The molecule has 0 fully saturated rings. The van der Waals surface area contributed by atoms with Gasteiger partial charge in [0.05, 0.1) is 28.4 Å². The molecule has 0 amide bonds. The molecule has 0 aliphatic rings. The molecular weight excluding hydrogens is 847 g/mol. The summed E-state index contributed by atoms with van der Waals surface area (Å²) in [6, 6.07) is 73.2. The van der Waals surface area contributed by atoms with E-state index in [2.05, 4.69) is 71.3 Å². The second kappa shape index (κ2) is 17.5. The second-order valence-corrected chi connectivity index (χ2v) is 16.5. The topological polar surface area (TPSA) is 119 Å². The molecule has 9 heteroatoms. The summed E-state index contributed by atoms with van der Waals surface area (Å²) in [6.07, 6.45) is 3.66. The zero-order chi connectivity index (χ0) is 46.1. The first-order valence-electron chi connectivity index (χ1n) is 22.5. The minimum absolute atomic E-state index is 0.498. The molecule has 0 saturated heterocycles. The lowest BCUT2D eigenvalue weighted by atomic mass is 9.96. The van der Waals surface area contributed by atoms with Gasteiger partial charge in [0.1, 0.15) is 0 Å². The van der Waals surface area contributed by atoms with Gasteiger partial charge in [0.2, 0.25) is 0 Å². The maximum Gasteiger partial charge on any atom is 0.164 e. The molecule has 0 saturated carbocycles. The third kappa shape index (κ3) is 7.64. The zero-order valence-corrected chi connectivity index (χ0v) is 36.9. The highest BCUT2D eigenvalue weighted by Crippen LogP contribution is 2.42. The predicted molar refractivity (Wildman–Crippen MR) is 274 cm³/mol. The van der Waals surface area contributed by atoms with Crippen molar-refractivity contribution in [2.45, 2.75) is 0 Å². The number of hydrogen-bond donors (Lipinski definition) is 0. The van der Waals surface area contributed by atoms with Gasteiger partial charge in [-0.15, -0.1) is 0 Å². The Labute approximate surface area is 397 Å². The molecule has 0 aliphatic carbocycles. The molecule has 0 aliphatic heterocycles. The maximum absolute atomic E-state index is 10.1. The van der Waals surface area contributed by atoms with Crippen LogP contribution in [0.4, 0.5) is 0 Å². The average Bonchev–Trinajstić information content (AvgIpc) is 3.77. The highest BCUT2D eigenvalue weighted by atomic mass is 15.0. The van der Waals surface area contributed by atoms with Crippen molar-refractivity contribution in [3.8, 4) is 102 Å². The molecule has 0 atom stereocenters. The lowest BCUT2D eigenvalue weighted by Crippen LogP contribution is -2.04. The Morgan fingerprint density at radius 2 is 0.812 bits per heavy atom. The van der Waals surface area contributed by atoms with Gasteiger partial charge in [0, 0.05) is 67.7 Å². The first-order chi connectivity index (χ1) is 34.2. The van der Waals surface area contributed by atoms with E-state index in [1.165, 1.54) is 0 Å². The predicted octanol–water partition coefficient (Wildman–Crippen LogP) is 13.8. The van der Waals surface area contributed by atoms with Crippen LogP contribution in [0, 0.1) is 11.3 Å². The van der Waals surface area contributed by atoms with Crippen LogP contribution < -0.4 is 0 Å². The van der Waals surface area contributed by atoms with Gasteiger partial charge in [-0.05, 0) is 59.7 Å². The Balaban J connectivity index is 1.13. The molecular formula is C60H37N9. The molecule has 0 unspecified atom stereocenters. The van der Waals surface area contributed by atoms with Crippen LogP contribution in [0.3, 0.4) is 0 Å². The Hall–Kier alpha value is -9.78. The number of benzene rings is 8. The van der Waals surface area contributed by atoms with Crippen LogP contribution in [0.2, 0.25) is 0 Å². The molecule has 12 rings (SSSR count). The van der Waals surface area contributed by atoms with Gasteiger partial charge < -0.3 is 4.57 Å². The van der Waals surface area contributed by atoms with E-state index in [0.717, 1.165) is 83.1 Å². The Morgan fingerprint density at radius 1 is 0.333 bits per heavy atom. The maximum atomic E-state index is 10.1. The van der Waals surface area contributed by atoms with Gasteiger partial charge in [-0.1, -0.05) is 164 Å². The third-order valence-corrected chi connectivity index (χ3v) is 12.3. The van der Waals surface area contributed by atoms with Crippen molar-refractivity contribution in [3.05, 3.63) is 230 Å². The van der Waals surface area contributed by atoms with Crippen LogP contribution in [-0.4, -0.2) is 39.5 Å². The first-order valence-corrected chi connectivity index (χ1v) is 22.5. The summed E-state index contributed by atoms with van der Waals surface area (Å²) in [4.78, 5) is 35.5. The lowest BCUT2D eigenvalue weighted by Gasteiger charge is -2.18. The van der Waals surface area contributed by atoms with E-state index >= 15 is 0 Å². The minimum Gasteiger partial charge on any atom is -0.309 e. The summed E-state index contributed by atoms with van der Waals surface area (Å²) in [5.41, 5.74) is 12.1. The van der Waals surface area contributed by atoms with Crippen molar-refractivity contribution in [2.75, 3.05) is 0 Å².